The molecule has 1 N–H and O–H groups in total. The topological polar surface area (TPSA) is 62.4 Å². The predicted molar refractivity (Wildman–Crippen MR) is 75.4 cm³/mol. The van der Waals surface area contributed by atoms with Gasteiger partial charge in [0.1, 0.15) is 6.17 Å². The number of hydrogen-bond donors (Lipinski definition) is 1. The Balaban J connectivity index is 1.60. The van der Waals surface area contributed by atoms with Gasteiger partial charge >= 0.3 is 0 Å². The van der Waals surface area contributed by atoms with Gasteiger partial charge in [-0.3, -0.25) is 4.90 Å². The lowest BCUT2D eigenvalue weighted by atomic mass is 10.2. The Labute approximate surface area is 122 Å². The number of nitrogens with zero attached hydrogens (tertiary/aromatic N) is 3. The summed E-state index contributed by atoms with van der Waals surface area (Å²) in [6, 6.07) is 9.51. The maximum atomic E-state index is 13.4. The lowest BCUT2D eigenvalue weighted by molar-refractivity contribution is 0.157. The summed E-state index contributed by atoms with van der Waals surface area (Å²) >= 11 is 0. The van der Waals surface area contributed by atoms with E-state index in [1.165, 1.54) is 0 Å². The molecule has 1 aliphatic heterocycles. The first kappa shape index (κ1) is 14.2. The molecule has 112 valence electrons. The second-order valence-corrected chi connectivity index (χ2v) is 5.29. The van der Waals surface area contributed by atoms with Crippen molar-refractivity contribution >= 4 is 0 Å². The minimum Gasteiger partial charge on any atom is -0.395 e. The number of aliphatic hydroxyl groups is 1. The molecule has 21 heavy (non-hydrogen) atoms. The molecule has 1 saturated heterocycles. The van der Waals surface area contributed by atoms with Crippen LogP contribution in [0.2, 0.25) is 0 Å². The first-order chi connectivity index (χ1) is 10.3. The monoisotopic (exact) mass is 291 g/mol. The highest BCUT2D eigenvalue weighted by molar-refractivity contribution is 5.53. The van der Waals surface area contributed by atoms with E-state index in [2.05, 4.69) is 10.1 Å². The van der Waals surface area contributed by atoms with Crippen LogP contribution in [-0.2, 0) is 6.42 Å². The van der Waals surface area contributed by atoms with Crippen molar-refractivity contribution in [3.8, 4) is 11.4 Å². The maximum absolute atomic E-state index is 13.4. The zero-order valence-electron chi connectivity index (χ0n) is 11.7. The van der Waals surface area contributed by atoms with Crippen LogP contribution in [0.5, 0.6) is 0 Å². The highest BCUT2D eigenvalue weighted by atomic mass is 19.1. The van der Waals surface area contributed by atoms with Crippen LogP contribution in [0.1, 0.15) is 12.3 Å². The molecule has 0 amide bonds. The van der Waals surface area contributed by atoms with Crippen LogP contribution in [0.4, 0.5) is 4.39 Å². The Kier molecular flexibility index (Phi) is 4.26. The van der Waals surface area contributed by atoms with E-state index < -0.39 is 6.17 Å². The largest absolute Gasteiger partial charge is 0.395 e. The van der Waals surface area contributed by atoms with Crippen LogP contribution in [0.25, 0.3) is 11.4 Å². The SMILES string of the molecule is OC[C@@H]1C[C@H](F)CN1CCc1nc(-c2ccccc2)no1. The predicted octanol–water partition coefficient (Wildman–Crippen LogP) is 1.68. The molecule has 0 bridgehead atoms. The third kappa shape index (κ3) is 3.28. The fourth-order valence-corrected chi connectivity index (χ4v) is 2.69. The van der Waals surface area contributed by atoms with Crippen LogP contribution in [-0.4, -0.2) is 52.1 Å². The summed E-state index contributed by atoms with van der Waals surface area (Å²) in [5, 5.41) is 13.2. The summed E-state index contributed by atoms with van der Waals surface area (Å²) in [5.74, 6) is 1.10. The van der Waals surface area contributed by atoms with E-state index >= 15 is 0 Å². The van der Waals surface area contributed by atoms with Gasteiger partial charge in [0.15, 0.2) is 0 Å². The van der Waals surface area contributed by atoms with Gasteiger partial charge in [-0.1, -0.05) is 35.5 Å². The number of likely N-dealkylation sites (tertiary alicyclic amines) is 1. The van der Waals surface area contributed by atoms with Gasteiger partial charge in [-0.25, -0.2) is 4.39 Å². The molecule has 2 heterocycles. The van der Waals surface area contributed by atoms with E-state index in [0.717, 1.165) is 5.56 Å². The molecule has 1 aliphatic rings. The average molecular weight is 291 g/mol. The number of alkyl halides is 1. The molecule has 0 unspecified atom stereocenters. The minimum atomic E-state index is -0.857. The van der Waals surface area contributed by atoms with Crippen molar-refractivity contribution in [3.05, 3.63) is 36.2 Å². The fourth-order valence-electron chi connectivity index (χ4n) is 2.69. The van der Waals surface area contributed by atoms with E-state index in [1.54, 1.807) is 0 Å². The number of halogens is 1. The van der Waals surface area contributed by atoms with Crippen LogP contribution < -0.4 is 0 Å². The number of benzene rings is 1. The van der Waals surface area contributed by atoms with Crippen LogP contribution in [0.3, 0.4) is 0 Å². The molecule has 6 heteroatoms. The zero-order chi connectivity index (χ0) is 14.7. The highest BCUT2D eigenvalue weighted by Gasteiger charge is 2.31. The normalized spacial score (nSPS) is 22.8. The number of rotatable bonds is 5. The summed E-state index contributed by atoms with van der Waals surface area (Å²) in [7, 11) is 0. The number of aromatic nitrogens is 2. The molecule has 2 aromatic rings. The lowest BCUT2D eigenvalue weighted by Gasteiger charge is -2.20. The van der Waals surface area contributed by atoms with Crippen molar-refractivity contribution in [2.24, 2.45) is 0 Å². The van der Waals surface area contributed by atoms with Gasteiger partial charge < -0.3 is 9.63 Å². The smallest absolute Gasteiger partial charge is 0.228 e. The highest BCUT2D eigenvalue weighted by Crippen LogP contribution is 2.21. The van der Waals surface area contributed by atoms with E-state index in [1.807, 2.05) is 35.2 Å². The molecular formula is C15H18FN3O2. The number of hydrogen-bond acceptors (Lipinski definition) is 5. The Hall–Kier alpha value is -1.79. The third-order valence-electron chi connectivity index (χ3n) is 3.80. The first-order valence-electron chi connectivity index (χ1n) is 7.13. The quantitative estimate of drug-likeness (QED) is 0.908. The van der Waals surface area contributed by atoms with E-state index in [9.17, 15) is 9.50 Å². The van der Waals surface area contributed by atoms with Crippen LogP contribution >= 0.6 is 0 Å². The van der Waals surface area contributed by atoms with E-state index in [-0.39, 0.29) is 12.6 Å². The van der Waals surface area contributed by atoms with Crippen LogP contribution in [0.15, 0.2) is 34.9 Å². The molecule has 0 radical (unpaired) electrons. The van der Waals surface area contributed by atoms with Gasteiger partial charge in [-0.2, -0.15) is 4.98 Å². The molecule has 3 rings (SSSR count). The van der Waals surface area contributed by atoms with Crippen molar-refractivity contribution < 1.29 is 14.0 Å². The third-order valence-corrected chi connectivity index (χ3v) is 3.80. The van der Waals surface area contributed by atoms with Crippen molar-refractivity contribution in [1.82, 2.24) is 15.0 Å². The van der Waals surface area contributed by atoms with E-state index in [4.69, 9.17) is 4.52 Å². The molecule has 5 nitrogen and oxygen atoms in total. The molecule has 0 spiro atoms. The Morgan fingerprint density at radius 1 is 1.33 bits per heavy atom. The van der Waals surface area contributed by atoms with Crippen molar-refractivity contribution in [2.75, 3.05) is 19.7 Å². The second kappa shape index (κ2) is 6.32. The van der Waals surface area contributed by atoms with Gasteiger partial charge in [-0.15, -0.1) is 0 Å². The van der Waals surface area contributed by atoms with Gasteiger partial charge in [0.2, 0.25) is 11.7 Å². The summed E-state index contributed by atoms with van der Waals surface area (Å²) in [5.41, 5.74) is 0.908. The molecule has 1 fully saturated rings. The molecule has 1 aromatic heterocycles. The summed E-state index contributed by atoms with van der Waals surface area (Å²) in [6.45, 7) is 0.965. The second-order valence-electron chi connectivity index (χ2n) is 5.29. The van der Waals surface area contributed by atoms with Crippen molar-refractivity contribution in [1.29, 1.82) is 0 Å². The maximum Gasteiger partial charge on any atom is 0.228 e. The van der Waals surface area contributed by atoms with E-state index in [0.29, 0.717) is 37.6 Å². The Morgan fingerprint density at radius 2 is 2.14 bits per heavy atom. The zero-order valence-corrected chi connectivity index (χ0v) is 11.7. The van der Waals surface area contributed by atoms with Crippen LogP contribution in [0, 0.1) is 0 Å². The molecule has 1 aromatic carbocycles. The van der Waals surface area contributed by atoms with Gasteiger partial charge in [0.05, 0.1) is 6.61 Å². The molecule has 0 aliphatic carbocycles. The number of aliphatic hydroxyl groups excluding tert-OH is 1. The fraction of sp³-hybridized carbons (Fsp3) is 0.467. The van der Waals surface area contributed by atoms with Gasteiger partial charge in [0, 0.05) is 31.1 Å². The summed E-state index contributed by atoms with van der Waals surface area (Å²) in [6.07, 6.45) is 0.100. The first-order valence-corrected chi connectivity index (χ1v) is 7.13. The summed E-state index contributed by atoms with van der Waals surface area (Å²) in [4.78, 5) is 6.29. The van der Waals surface area contributed by atoms with Gasteiger partial charge in [0.25, 0.3) is 0 Å². The van der Waals surface area contributed by atoms with Gasteiger partial charge in [-0.05, 0) is 6.42 Å². The minimum absolute atomic E-state index is 0.0144. The molecule has 0 saturated carbocycles. The lowest BCUT2D eigenvalue weighted by Crippen LogP contribution is -2.34. The summed E-state index contributed by atoms with van der Waals surface area (Å²) < 4.78 is 18.6. The van der Waals surface area contributed by atoms with Crippen molar-refractivity contribution in [3.63, 3.8) is 0 Å². The standard InChI is InChI=1S/C15H18FN3O2/c16-12-8-13(10-20)19(9-12)7-6-14-17-15(18-21-14)11-4-2-1-3-5-11/h1-5,12-13,20H,6-10H2/t12-,13-/m0/s1. The Morgan fingerprint density at radius 3 is 2.90 bits per heavy atom. The average Bonchev–Trinajstić information content (AvgIpc) is 3.12. The van der Waals surface area contributed by atoms with Crippen molar-refractivity contribution in [2.45, 2.75) is 25.1 Å². The molecular weight excluding hydrogens is 273 g/mol. The molecule has 2 atom stereocenters. The Bertz CT molecular complexity index is 575.